The predicted molar refractivity (Wildman–Crippen MR) is 91.8 cm³/mol. The van der Waals surface area contributed by atoms with Crippen molar-refractivity contribution in [3.05, 3.63) is 34.9 Å². The molecule has 0 aromatic heterocycles. The summed E-state index contributed by atoms with van der Waals surface area (Å²) in [4.78, 5) is 2.70. The fourth-order valence-corrected chi connectivity index (χ4v) is 3.56. The van der Waals surface area contributed by atoms with Gasteiger partial charge in [0.15, 0.2) is 0 Å². The predicted octanol–water partition coefficient (Wildman–Crippen LogP) is 4.22. The molecule has 118 valence electrons. The first-order chi connectivity index (χ1) is 10.0. The summed E-state index contributed by atoms with van der Waals surface area (Å²) in [6.45, 7) is 13.5. The van der Waals surface area contributed by atoms with E-state index in [4.69, 9.17) is 0 Å². The number of piperidine rings is 1. The minimum Gasteiger partial charge on any atom is -0.309 e. The van der Waals surface area contributed by atoms with Crippen LogP contribution in [0.5, 0.6) is 0 Å². The molecule has 0 amide bonds. The highest BCUT2D eigenvalue weighted by molar-refractivity contribution is 5.32. The molecule has 0 saturated carbocycles. The molecule has 3 atom stereocenters. The topological polar surface area (TPSA) is 15.3 Å². The molecule has 1 aliphatic heterocycles. The number of likely N-dealkylation sites (tertiary alicyclic amines) is 1. The molecular formula is C19H32N2. The van der Waals surface area contributed by atoms with Crippen LogP contribution in [0, 0.1) is 13.8 Å². The third-order valence-electron chi connectivity index (χ3n) is 5.15. The van der Waals surface area contributed by atoms with Crippen LogP contribution in [0.4, 0.5) is 0 Å². The van der Waals surface area contributed by atoms with Gasteiger partial charge in [-0.25, -0.2) is 0 Å². The first kappa shape index (κ1) is 16.5. The van der Waals surface area contributed by atoms with Gasteiger partial charge in [-0.3, -0.25) is 4.90 Å². The molecule has 0 radical (unpaired) electrons. The van der Waals surface area contributed by atoms with Crippen LogP contribution >= 0.6 is 0 Å². The second-order valence-electron chi connectivity index (χ2n) is 6.78. The standard InChI is InChI=1S/C19H32N2/c1-6-20-19(18-11-10-14(2)15(3)12-18)13-21-16(4)8-7-9-17(21)5/h10-12,16-17,19-20H,6-9,13H2,1-5H3/t16-,17+,19?. The summed E-state index contributed by atoms with van der Waals surface area (Å²) in [6.07, 6.45) is 4.07. The van der Waals surface area contributed by atoms with Gasteiger partial charge in [-0.2, -0.15) is 0 Å². The van der Waals surface area contributed by atoms with E-state index in [0.29, 0.717) is 18.1 Å². The van der Waals surface area contributed by atoms with E-state index < -0.39 is 0 Å². The maximum absolute atomic E-state index is 3.69. The lowest BCUT2D eigenvalue weighted by atomic mass is 9.94. The Kier molecular flexibility index (Phi) is 5.83. The van der Waals surface area contributed by atoms with Gasteiger partial charge in [-0.1, -0.05) is 31.5 Å². The van der Waals surface area contributed by atoms with E-state index in [9.17, 15) is 0 Å². The van der Waals surface area contributed by atoms with Gasteiger partial charge >= 0.3 is 0 Å². The van der Waals surface area contributed by atoms with Crippen LogP contribution in [0.1, 0.15) is 62.8 Å². The number of hydrogen-bond acceptors (Lipinski definition) is 2. The monoisotopic (exact) mass is 288 g/mol. The van der Waals surface area contributed by atoms with E-state index in [1.165, 1.54) is 36.0 Å². The van der Waals surface area contributed by atoms with E-state index >= 15 is 0 Å². The highest BCUT2D eigenvalue weighted by Gasteiger charge is 2.27. The molecule has 2 rings (SSSR count). The SMILES string of the molecule is CCNC(CN1[C@H](C)CCC[C@@H]1C)c1ccc(C)c(C)c1. The normalized spacial score (nSPS) is 25.0. The number of rotatable bonds is 5. The maximum atomic E-state index is 3.69. The van der Waals surface area contributed by atoms with Crippen molar-refractivity contribution in [2.45, 2.75) is 72.0 Å². The molecule has 2 heteroatoms. The van der Waals surface area contributed by atoms with E-state index in [1.54, 1.807) is 0 Å². The van der Waals surface area contributed by atoms with Crippen molar-refractivity contribution < 1.29 is 0 Å². The largest absolute Gasteiger partial charge is 0.309 e. The number of aryl methyl sites for hydroxylation is 2. The molecule has 1 unspecified atom stereocenters. The van der Waals surface area contributed by atoms with Gasteiger partial charge < -0.3 is 5.32 Å². The minimum atomic E-state index is 0.442. The molecule has 1 heterocycles. The van der Waals surface area contributed by atoms with Gasteiger partial charge in [0.1, 0.15) is 0 Å². The molecular weight excluding hydrogens is 256 g/mol. The average molecular weight is 288 g/mol. The summed E-state index contributed by atoms with van der Waals surface area (Å²) in [5.74, 6) is 0. The van der Waals surface area contributed by atoms with Crippen molar-refractivity contribution in [2.24, 2.45) is 0 Å². The lowest BCUT2D eigenvalue weighted by Gasteiger charge is -2.41. The van der Waals surface area contributed by atoms with Crippen LogP contribution < -0.4 is 5.32 Å². The van der Waals surface area contributed by atoms with Gasteiger partial charge in [0.2, 0.25) is 0 Å². The first-order valence-corrected chi connectivity index (χ1v) is 8.59. The Morgan fingerprint density at radius 3 is 2.38 bits per heavy atom. The minimum absolute atomic E-state index is 0.442. The lowest BCUT2D eigenvalue weighted by Crippen LogP contribution is -2.47. The number of benzene rings is 1. The fraction of sp³-hybridized carbons (Fsp3) is 0.684. The highest BCUT2D eigenvalue weighted by atomic mass is 15.2. The second kappa shape index (κ2) is 7.42. The van der Waals surface area contributed by atoms with Gasteiger partial charge in [-0.15, -0.1) is 0 Å². The van der Waals surface area contributed by atoms with Crippen molar-refractivity contribution >= 4 is 0 Å². The van der Waals surface area contributed by atoms with Crippen LogP contribution in [0.25, 0.3) is 0 Å². The van der Waals surface area contributed by atoms with Gasteiger partial charge in [-0.05, 0) is 63.8 Å². The zero-order valence-electron chi connectivity index (χ0n) is 14.4. The van der Waals surface area contributed by atoms with E-state index in [2.05, 4.69) is 63.0 Å². The number of nitrogens with one attached hydrogen (secondary N) is 1. The van der Waals surface area contributed by atoms with Crippen molar-refractivity contribution in [2.75, 3.05) is 13.1 Å². The highest BCUT2D eigenvalue weighted by Crippen LogP contribution is 2.26. The van der Waals surface area contributed by atoms with Crippen molar-refractivity contribution in [3.8, 4) is 0 Å². The molecule has 1 fully saturated rings. The molecule has 0 spiro atoms. The maximum Gasteiger partial charge on any atom is 0.0449 e. The van der Waals surface area contributed by atoms with E-state index in [-0.39, 0.29) is 0 Å². The zero-order valence-corrected chi connectivity index (χ0v) is 14.4. The van der Waals surface area contributed by atoms with Gasteiger partial charge in [0, 0.05) is 24.7 Å². The van der Waals surface area contributed by atoms with E-state index in [1.807, 2.05) is 0 Å². The van der Waals surface area contributed by atoms with Crippen LogP contribution in [-0.4, -0.2) is 30.1 Å². The number of hydrogen-bond donors (Lipinski definition) is 1. The summed E-state index contributed by atoms with van der Waals surface area (Å²) in [7, 11) is 0. The van der Waals surface area contributed by atoms with Crippen LogP contribution in [-0.2, 0) is 0 Å². The Morgan fingerprint density at radius 1 is 1.14 bits per heavy atom. The van der Waals surface area contributed by atoms with Crippen molar-refractivity contribution in [1.82, 2.24) is 10.2 Å². The zero-order chi connectivity index (χ0) is 15.4. The fourth-order valence-electron chi connectivity index (χ4n) is 3.56. The van der Waals surface area contributed by atoms with Crippen molar-refractivity contribution in [1.29, 1.82) is 0 Å². The van der Waals surface area contributed by atoms with Gasteiger partial charge in [0.05, 0.1) is 0 Å². The summed E-state index contributed by atoms with van der Waals surface area (Å²) in [5, 5.41) is 3.69. The summed E-state index contributed by atoms with van der Waals surface area (Å²) in [6, 6.07) is 8.79. The molecule has 1 aromatic rings. The summed E-state index contributed by atoms with van der Waals surface area (Å²) >= 11 is 0. The van der Waals surface area contributed by atoms with E-state index in [0.717, 1.165) is 13.1 Å². The molecule has 1 aromatic carbocycles. The second-order valence-corrected chi connectivity index (χ2v) is 6.78. The molecule has 0 aliphatic carbocycles. The average Bonchev–Trinajstić information content (AvgIpc) is 2.45. The summed E-state index contributed by atoms with van der Waals surface area (Å²) in [5.41, 5.74) is 4.22. The molecule has 2 nitrogen and oxygen atoms in total. The van der Waals surface area contributed by atoms with Crippen LogP contribution in [0.2, 0.25) is 0 Å². The molecule has 0 bridgehead atoms. The van der Waals surface area contributed by atoms with Crippen LogP contribution in [0.15, 0.2) is 18.2 Å². The summed E-state index contributed by atoms with van der Waals surface area (Å²) < 4.78 is 0. The molecule has 21 heavy (non-hydrogen) atoms. The van der Waals surface area contributed by atoms with Gasteiger partial charge in [0.25, 0.3) is 0 Å². The Labute approximate surface area is 130 Å². The third kappa shape index (κ3) is 4.08. The Balaban J connectivity index is 2.16. The lowest BCUT2D eigenvalue weighted by molar-refractivity contribution is 0.0911. The third-order valence-corrected chi connectivity index (χ3v) is 5.15. The quantitative estimate of drug-likeness (QED) is 0.873. The Bertz CT molecular complexity index is 445. The first-order valence-electron chi connectivity index (χ1n) is 8.59. The molecule has 1 saturated heterocycles. The molecule has 1 aliphatic rings. The Morgan fingerprint density at radius 2 is 1.81 bits per heavy atom. The smallest absolute Gasteiger partial charge is 0.0449 e. The van der Waals surface area contributed by atoms with Crippen molar-refractivity contribution in [3.63, 3.8) is 0 Å². The molecule has 1 N–H and O–H groups in total. The number of likely N-dealkylation sites (N-methyl/N-ethyl adjacent to an activating group) is 1. The number of nitrogens with zero attached hydrogens (tertiary/aromatic N) is 1. The van der Waals surface area contributed by atoms with Crippen LogP contribution in [0.3, 0.4) is 0 Å². The Hall–Kier alpha value is -0.860.